The molecule has 2 heterocycles. The van der Waals surface area contributed by atoms with E-state index in [0.29, 0.717) is 12.2 Å². The smallest absolute Gasteiger partial charge is 0.269 e. The Hall–Kier alpha value is -1.82. The molecular formula is C16H22N4OS. The Bertz CT molecular complexity index is 571. The highest BCUT2D eigenvalue weighted by Crippen LogP contribution is 2.16. The molecule has 0 saturated carbocycles. The van der Waals surface area contributed by atoms with Crippen LogP contribution in [0.4, 0.5) is 0 Å². The first-order valence-electron chi connectivity index (χ1n) is 7.54. The highest BCUT2D eigenvalue weighted by Gasteiger charge is 2.10. The molecule has 0 aromatic carbocycles. The molecule has 2 aromatic heterocycles. The molecule has 0 bridgehead atoms. The summed E-state index contributed by atoms with van der Waals surface area (Å²) in [6, 6.07) is 5.50. The maximum Gasteiger partial charge on any atom is 0.269 e. The number of nitrogens with zero attached hydrogens (tertiary/aromatic N) is 2. The average molecular weight is 318 g/mol. The summed E-state index contributed by atoms with van der Waals surface area (Å²) in [7, 11) is 0. The number of hydrogen-bond donors (Lipinski definition) is 2. The third kappa shape index (κ3) is 5.18. The second-order valence-corrected chi connectivity index (χ2v) is 6.05. The van der Waals surface area contributed by atoms with Crippen LogP contribution in [0, 0.1) is 0 Å². The summed E-state index contributed by atoms with van der Waals surface area (Å²) in [6.45, 7) is 0.710. The zero-order valence-electron chi connectivity index (χ0n) is 12.8. The van der Waals surface area contributed by atoms with E-state index in [-0.39, 0.29) is 5.91 Å². The van der Waals surface area contributed by atoms with Crippen molar-refractivity contribution in [1.29, 1.82) is 0 Å². The lowest BCUT2D eigenvalue weighted by Crippen LogP contribution is -2.24. The quantitative estimate of drug-likeness (QED) is 0.697. The van der Waals surface area contributed by atoms with E-state index in [0.717, 1.165) is 24.1 Å². The average Bonchev–Trinajstić information content (AvgIpc) is 3.05. The molecule has 0 atom stereocenters. The number of H-pyrrole nitrogens is 1. The maximum absolute atomic E-state index is 12.0. The van der Waals surface area contributed by atoms with Crippen LogP contribution >= 0.6 is 11.8 Å². The van der Waals surface area contributed by atoms with Crippen LogP contribution in [-0.4, -0.2) is 39.6 Å². The fourth-order valence-corrected chi connectivity index (χ4v) is 2.62. The highest BCUT2D eigenvalue weighted by molar-refractivity contribution is 7.98. The van der Waals surface area contributed by atoms with Crippen LogP contribution in [0.1, 0.15) is 36.2 Å². The van der Waals surface area contributed by atoms with Gasteiger partial charge < -0.3 is 5.32 Å². The molecule has 0 radical (unpaired) electrons. The molecule has 2 aromatic rings. The molecular weight excluding hydrogens is 296 g/mol. The molecule has 2 rings (SSSR count). The van der Waals surface area contributed by atoms with E-state index in [2.05, 4.69) is 26.8 Å². The Kier molecular flexibility index (Phi) is 6.96. The minimum absolute atomic E-state index is 0.100. The number of thioether (sulfide) groups is 1. The molecule has 0 saturated heterocycles. The summed E-state index contributed by atoms with van der Waals surface area (Å²) < 4.78 is 0. The van der Waals surface area contributed by atoms with Gasteiger partial charge in [0.05, 0.1) is 5.69 Å². The van der Waals surface area contributed by atoms with Gasteiger partial charge in [0.25, 0.3) is 5.91 Å². The standard InChI is InChI=1S/C16H22N4OS/c1-22-11-5-3-2-4-8-18-16(21)15-12-14(19-20-15)13-6-9-17-10-7-13/h6-7,9-10,12H,2-5,8,11H2,1H3,(H,18,21)(H,19,20). The van der Waals surface area contributed by atoms with E-state index in [1.165, 1.54) is 18.6 Å². The Morgan fingerprint density at radius 3 is 2.77 bits per heavy atom. The van der Waals surface area contributed by atoms with Gasteiger partial charge in [0.2, 0.25) is 0 Å². The molecule has 0 spiro atoms. The van der Waals surface area contributed by atoms with Gasteiger partial charge in [-0.3, -0.25) is 14.9 Å². The minimum Gasteiger partial charge on any atom is -0.351 e. The van der Waals surface area contributed by atoms with Gasteiger partial charge in [0.15, 0.2) is 0 Å². The van der Waals surface area contributed by atoms with E-state index in [4.69, 9.17) is 0 Å². The number of amides is 1. The van der Waals surface area contributed by atoms with Crippen molar-refractivity contribution in [1.82, 2.24) is 20.5 Å². The zero-order chi connectivity index (χ0) is 15.6. The summed E-state index contributed by atoms with van der Waals surface area (Å²) >= 11 is 1.88. The fourth-order valence-electron chi connectivity index (χ4n) is 2.13. The molecule has 118 valence electrons. The number of pyridine rings is 1. The summed E-state index contributed by atoms with van der Waals surface area (Å²) in [5.41, 5.74) is 2.19. The van der Waals surface area contributed by atoms with Gasteiger partial charge in [0, 0.05) is 24.5 Å². The molecule has 5 nitrogen and oxygen atoms in total. The molecule has 0 aliphatic carbocycles. The van der Waals surface area contributed by atoms with Gasteiger partial charge in [-0.15, -0.1) is 0 Å². The van der Waals surface area contributed by atoms with Gasteiger partial charge in [0.1, 0.15) is 5.69 Å². The number of nitrogens with one attached hydrogen (secondary N) is 2. The van der Waals surface area contributed by atoms with Crippen LogP contribution in [0.2, 0.25) is 0 Å². The second kappa shape index (κ2) is 9.25. The molecule has 0 fully saturated rings. The lowest BCUT2D eigenvalue weighted by molar-refractivity contribution is 0.0948. The second-order valence-electron chi connectivity index (χ2n) is 5.07. The van der Waals surface area contributed by atoms with Crippen molar-refractivity contribution in [2.75, 3.05) is 18.6 Å². The van der Waals surface area contributed by atoms with Gasteiger partial charge in [-0.1, -0.05) is 12.8 Å². The van der Waals surface area contributed by atoms with E-state index in [1.807, 2.05) is 23.9 Å². The summed E-state index contributed by atoms with van der Waals surface area (Å²) in [4.78, 5) is 16.0. The predicted molar refractivity (Wildman–Crippen MR) is 91.0 cm³/mol. The van der Waals surface area contributed by atoms with Crippen LogP contribution in [0.3, 0.4) is 0 Å². The maximum atomic E-state index is 12.0. The van der Waals surface area contributed by atoms with Crippen molar-refractivity contribution >= 4 is 17.7 Å². The predicted octanol–water partition coefficient (Wildman–Crippen LogP) is 3.12. The van der Waals surface area contributed by atoms with Crippen molar-refractivity contribution in [2.24, 2.45) is 0 Å². The summed E-state index contributed by atoms with van der Waals surface area (Å²) in [5, 5.41) is 9.88. The van der Waals surface area contributed by atoms with Gasteiger partial charge in [-0.25, -0.2) is 0 Å². The van der Waals surface area contributed by atoms with Crippen LogP contribution in [0.25, 0.3) is 11.3 Å². The third-order valence-corrected chi connectivity index (χ3v) is 4.06. The number of rotatable bonds is 9. The van der Waals surface area contributed by atoms with Crippen molar-refractivity contribution in [3.8, 4) is 11.3 Å². The Balaban J connectivity index is 1.73. The zero-order valence-corrected chi connectivity index (χ0v) is 13.7. The largest absolute Gasteiger partial charge is 0.351 e. The monoisotopic (exact) mass is 318 g/mol. The SMILES string of the molecule is CSCCCCCCNC(=O)c1cc(-c2ccncc2)n[nH]1. The van der Waals surface area contributed by atoms with Crippen molar-refractivity contribution in [3.05, 3.63) is 36.3 Å². The Labute approximate surface area is 135 Å². The first kappa shape index (κ1) is 16.5. The summed E-state index contributed by atoms with van der Waals surface area (Å²) in [5.74, 6) is 1.12. The van der Waals surface area contributed by atoms with Crippen LogP contribution in [-0.2, 0) is 0 Å². The topological polar surface area (TPSA) is 70.7 Å². The number of aromatic nitrogens is 3. The highest BCUT2D eigenvalue weighted by atomic mass is 32.2. The number of carbonyl (C=O) groups excluding carboxylic acids is 1. The lowest BCUT2D eigenvalue weighted by Gasteiger charge is -2.03. The van der Waals surface area contributed by atoms with E-state index < -0.39 is 0 Å². The third-order valence-electron chi connectivity index (χ3n) is 3.36. The number of unbranched alkanes of at least 4 members (excludes halogenated alkanes) is 3. The fraction of sp³-hybridized carbons (Fsp3) is 0.438. The number of aromatic amines is 1. The number of hydrogen-bond acceptors (Lipinski definition) is 4. The Morgan fingerprint density at radius 1 is 1.23 bits per heavy atom. The van der Waals surface area contributed by atoms with E-state index in [9.17, 15) is 4.79 Å². The van der Waals surface area contributed by atoms with Crippen LogP contribution < -0.4 is 5.32 Å². The van der Waals surface area contributed by atoms with Gasteiger partial charge in [-0.2, -0.15) is 16.9 Å². The molecule has 0 unspecified atom stereocenters. The lowest BCUT2D eigenvalue weighted by atomic mass is 10.2. The van der Waals surface area contributed by atoms with Gasteiger partial charge in [-0.05, 0) is 43.0 Å². The van der Waals surface area contributed by atoms with Crippen molar-refractivity contribution in [2.45, 2.75) is 25.7 Å². The van der Waals surface area contributed by atoms with E-state index in [1.54, 1.807) is 18.5 Å². The first-order chi connectivity index (χ1) is 10.8. The molecule has 22 heavy (non-hydrogen) atoms. The van der Waals surface area contributed by atoms with Gasteiger partial charge >= 0.3 is 0 Å². The minimum atomic E-state index is -0.100. The Morgan fingerprint density at radius 2 is 2.00 bits per heavy atom. The normalized spacial score (nSPS) is 10.6. The molecule has 0 aliphatic heterocycles. The van der Waals surface area contributed by atoms with Crippen molar-refractivity contribution in [3.63, 3.8) is 0 Å². The first-order valence-corrected chi connectivity index (χ1v) is 8.93. The molecule has 0 aliphatic rings. The van der Waals surface area contributed by atoms with Crippen molar-refractivity contribution < 1.29 is 4.79 Å². The molecule has 1 amide bonds. The molecule has 2 N–H and O–H groups in total. The van der Waals surface area contributed by atoms with Crippen LogP contribution in [0.5, 0.6) is 0 Å². The molecule has 6 heteroatoms. The summed E-state index contributed by atoms with van der Waals surface area (Å²) in [6.07, 6.45) is 10.2. The number of carbonyl (C=O) groups is 1. The van der Waals surface area contributed by atoms with E-state index >= 15 is 0 Å². The van der Waals surface area contributed by atoms with Crippen LogP contribution in [0.15, 0.2) is 30.6 Å².